The van der Waals surface area contributed by atoms with Gasteiger partial charge in [-0.15, -0.1) is 0 Å². The molecule has 0 saturated carbocycles. The second-order valence-corrected chi connectivity index (χ2v) is 1.97. The molecule has 0 rings (SSSR count). The van der Waals surface area contributed by atoms with Crippen molar-refractivity contribution in [3.8, 4) is 0 Å². The van der Waals surface area contributed by atoms with E-state index in [1.165, 1.54) is 0 Å². The van der Waals surface area contributed by atoms with E-state index in [1.807, 2.05) is 0 Å². The summed E-state index contributed by atoms with van der Waals surface area (Å²) in [6, 6.07) is 0. The molecule has 0 fully saturated rings. The first kappa shape index (κ1) is 10.4. The lowest BCUT2D eigenvalue weighted by molar-refractivity contribution is -0.0516. The lowest BCUT2D eigenvalue weighted by atomic mass is 10.1. The van der Waals surface area contributed by atoms with E-state index >= 15 is 0 Å². The molecular weight excluding hydrogens is 167 g/mol. The summed E-state index contributed by atoms with van der Waals surface area (Å²) >= 11 is 0. The minimum Gasteiger partial charge on any atom is -0.240 e. The summed E-state index contributed by atoms with van der Waals surface area (Å²) < 4.78 is 59.0. The number of alkyl halides is 5. The smallest absolute Gasteiger partial charge is 0.240 e. The van der Waals surface area contributed by atoms with Gasteiger partial charge in [-0.3, -0.25) is 0 Å². The van der Waals surface area contributed by atoms with Crippen molar-refractivity contribution in [3.05, 3.63) is 12.7 Å². The number of hydrogen-bond acceptors (Lipinski definition) is 0. The van der Waals surface area contributed by atoms with Crippen molar-refractivity contribution in [1.29, 1.82) is 0 Å². The third-order valence-corrected chi connectivity index (χ3v) is 1.07. The number of halogens is 5. The molecule has 0 aromatic rings. The van der Waals surface area contributed by atoms with Crippen LogP contribution in [0.4, 0.5) is 22.0 Å². The van der Waals surface area contributed by atoms with Crippen molar-refractivity contribution in [2.75, 3.05) is 0 Å². The van der Waals surface area contributed by atoms with Gasteiger partial charge in [0, 0.05) is 6.42 Å². The van der Waals surface area contributed by atoms with Crippen LogP contribution < -0.4 is 0 Å². The zero-order chi connectivity index (χ0) is 9.07. The van der Waals surface area contributed by atoms with Crippen LogP contribution in [0.15, 0.2) is 12.7 Å². The Morgan fingerprint density at radius 1 is 1.27 bits per heavy atom. The molecule has 11 heavy (non-hydrogen) atoms. The molecule has 0 amide bonds. The Hall–Kier alpha value is -0.610. The molecule has 0 radical (unpaired) electrons. The highest BCUT2D eigenvalue weighted by molar-refractivity contribution is 4.93. The maximum Gasteiger partial charge on any atom is 0.296 e. The van der Waals surface area contributed by atoms with E-state index in [9.17, 15) is 22.0 Å². The second-order valence-electron chi connectivity index (χ2n) is 1.97. The molecule has 1 atom stereocenters. The predicted molar refractivity (Wildman–Crippen MR) is 30.7 cm³/mol. The SMILES string of the molecule is C=CC(F)(F)C(F)CC(F)F. The van der Waals surface area contributed by atoms with Crippen molar-refractivity contribution < 1.29 is 22.0 Å². The largest absolute Gasteiger partial charge is 0.296 e. The Balaban J connectivity index is 4.01. The van der Waals surface area contributed by atoms with Gasteiger partial charge in [-0.05, 0) is 6.08 Å². The molecule has 1 unspecified atom stereocenters. The number of rotatable bonds is 4. The van der Waals surface area contributed by atoms with Gasteiger partial charge >= 0.3 is 0 Å². The molecule has 0 aliphatic heterocycles. The lowest BCUT2D eigenvalue weighted by Gasteiger charge is -2.15. The summed E-state index contributed by atoms with van der Waals surface area (Å²) in [4.78, 5) is 0. The van der Waals surface area contributed by atoms with Crippen molar-refractivity contribution >= 4 is 0 Å². The highest BCUT2D eigenvalue weighted by atomic mass is 19.3. The van der Waals surface area contributed by atoms with E-state index in [-0.39, 0.29) is 6.08 Å². The normalized spacial score (nSPS) is 15.1. The third kappa shape index (κ3) is 3.34. The molecule has 66 valence electrons. The molecule has 0 nitrogen and oxygen atoms in total. The first-order valence-electron chi connectivity index (χ1n) is 2.83. The van der Waals surface area contributed by atoms with Crippen LogP contribution in [-0.2, 0) is 0 Å². The fraction of sp³-hybridized carbons (Fsp3) is 0.667. The standard InChI is InChI=1S/C6H7F5/c1-2-6(10,11)4(7)3-5(8)9/h2,4-5H,1,3H2. The van der Waals surface area contributed by atoms with E-state index in [2.05, 4.69) is 6.58 Å². The van der Waals surface area contributed by atoms with Gasteiger partial charge in [0.2, 0.25) is 6.43 Å². The number of hydrogen-bond donors (Lipinski definition) is 0. The predicted octanol–water partition coefficient (Wildman–Crippen LogP) is 2.80. The van der Waals surface area contributed by atoms with Crippen LogP contribution in [0.5, 0.6) is 0 Å². The minimum atomic E-state index is -3.85. The second kappa shape index (κ2) is 3.69. The van der Waals surface area contributed by atoms with Crippen LogP contribution >= 0.6 is 0 Å². The van der Waals surface area contributed by atoms with Gasteiger partial charge in [-0.1, -0.05) is 6.58 Å². The van der Waals surface area contributed by atoms with Gasteiger partial charge in [0.1, 0.15) is 0 Å². The van der Waals surface area contributed by atoms with E-state index in [0.717, 1.165) is 0 Å². The molecule has 0 spiro atoms. The van der Waals surface area contributed by atoms with Gasteiger partial charge < -0.3 is 0 Å². The Bertz CT molecular complexity index is 131. The lowest BCUT2D eigenvalue weighted by Crippen LogP contribution is -2.28. The monoisotopic (exact) mass is 174 g/mol. The summed E-state index contributed by atoms with van der Waals surface area (Å²) in [5.74, 6) is -3.85. The van der Waals surface area contributed by atoms with Gasteiger partial charge in [-0.2, -0.15) is 8.78 Å². The molecule has 0 aromatic carbocycles. The topological polar surface area (TPSA) is 0 Å². The molecule has 0 saturated heterocycles. The molecule has 0 aliphatic carbocycles. The zero-order valence-corrected chi connectivity index (χ0v) is 5.54. The van der Waals surface area contributed by atoms with E-state index in [4.69, 9.17) is 0 Å². The summed E-state index contributed by atoms with van der Waals surface area (Å²) in [6.07, 6.45) is -7.34. The van der Waals surface area contributed by atoms with Crippen molar-refractivity contribution in [1.82, 2.24) is 0 Å². The molecule has 0 N–H and O–H groups in total. The minimum absolute atomic E-state index is 0.0278. The fourth-order valence-electron chi connectivity index (χ4n) is 0.441. The average Bonchev–Trinajstić information content (AvgIpc) is 1.86. The first-order valence-corrected chi connectivity index (χ1v) is 2.83. The fourth-order valence-corrected chi connectivity index (χ4v) is 0.441. The first-order chi connectivity index (χ1) is 4.90. The van der Waals surface area contributed by atoms with E-state index in [1.54, 1.807) is 0 Å². The van der Waals surface area contributed by atoms with Crippen LogP contribution in [0.3, 0.4) is 0 Å². The maximum absolute atomic E-state index is 12.1. The van der Waals surface area contributed by atoms with E-state index in [0.29, 0.717) is 0 Å². The molecule has 0 bridgehead atoms. The number of allylic oxidation sites excluding steroid dienone is 1. The van der Waals surface area contributed by atoms with Crippen LogP contribution in [0.1, 0.15) is 6.42 Å². The average molecular weight is 174 g/mol. The van der Waals surface area contributed by atoms with Crippen LogP contribution in [-0.4, -0.2) is 18.5 Å². The Kier molecular flexibility index (Phi) is 3.48. The quantitative estimate of drug-likeness (QED) is 0.454. The van der Waals surface area contributed by atoms with Crippen LogP contribution in [0.25, 0.3) is 0 Å². The van der Waals surface area contributed by atoms with Gasteiger partial charge in [-0.25, -0.2) is 13.2 Å². The van der Waals surface area contributed by atoms with Gasteiger partial charge in [0.25, 0.3) is 5.92 Å². The highest BCUT2D eigenvalue weighted by Gasteiger charge is 2.38. The Morgan fingerprint density at radius 2 is 1.73 bits per heavy atom. The summed E-state index contributed by atoms with van der Waals surface area (Å²) in [7, 11) is 0. The van der Waals surface area contributed by atoms with Crippen molar-refractivity contribution in [2.24, 2.45) is 0 Å². The van der Waals surface area contributed by atoms with Gasteiger partial charge in [0.05, 0.1) is 0 Å². The maximum atomic E-state index is 12.1. The highest BCUT2D eigenvalue weighted by Crippen LogP contribution is 2.26. The molecule has 0 aliphatic rings. The van der Waals surface area contributed by atoms with Crippen LogP contribution in [0, 0.1) is 0 Å². The summed E-state index contributed by atoms with van der Waals surface area (Å²) in [6.45, 7) is 2.63. The van der Waals surface area contributed by atoms with Crippen molar-refractivity contribution in [3.63, 3.8) is 0 Å². The summed E-state index contributed by atoms with van der Waals surface area (Å²) in [5, 5.41) is 0. The molecular formula is C6H7F5. The zero-order valence-electron chi connectivity index (χ0n) is 5.54. The molecule has 5 heteroatoms. The summed E-state index contributed by atoms with van der Waals surface area (Å²) in [5.41, 5.74) is 0. The van der Waals surface area contributed by atoms with Crippen molar-refractivity contribution in [2.45, 2.75) is 24.9 Å². The molecule has 0 aromatic heterocycles. The van der Waals surface area contributed by atoms with Gasteiger partial charge in [0.15, 0.2) is 6.17 Å². The molecule has 0 heterocycles. The Morgan fingerprint density at radius 3 is 2.00 bits per heavy atom. The third-order valence-electron chi connectivity index (χ3n) is 1.07. The van der Waals surface area contributed by atoms with E-state index < -0.39 is 24.9 Å². The Labute approximate surface area is 60.7 Å². The van der Waals surface area contributed by atoms with Crippen LogP contribution in [0.2, 0.25) is 0 Å².